The Morgan fingerprint density at radius 3 is 2.70 bits per heavy atom. The van der Waals surface area contributed by atoms with Crippen LogP contribution < -0.4 is 10.1 Å². The fraction of sp³-hybridized carbons (Fsp3) is 0.375. The Bertz CT molecular complexity index is 994. The number of nitrogens with zero attached hydrogens (tertiary/aromatic N) is 1. The number of para-hydroxylation sites is 1. The van der Waals surface area contributed by atoms with Crippen LogP contribution in [0.2, 0.25) is 0 Å². The normalized spacial score (nSPS) is 20.2. The van der Waals surface area contributed by atoms with Crippen molar-refractivity contribution in [2.24, 2.45) is 10.9 Å². The summed E-state index contributed by atoms with van der Waals surface area (Å²) in [6.45, 7) is 0. The summed E-state index contributed by atoms with van der Waals surface area (Å²) in [4.78, 5) is 28.9. The lowest BCUT2D eigenvalue weighted by Gasteiger charge is -2.30. The smallest absolute Gasteiger partial charge is 0.335 e. The predicted octanol–water partition coefficient (Wildman–Crippen LogP) is 4.24. The molecule has 2 aromatic rings. The Morgan fingerprint density at radius 1 is 1.20 bits per heavy atom. The van der Waals surface area contributed by atoms with E-state index in [9.17, 15) is 14.7 Å². The first-order valence-corrected chi connectivity index (χ1v) is 10.4. The third-order valence-corrected chi connectivity index (χ3v) is 6.12. The summed E-state index contributed by atoms with van der Waals surface area (Å²) in [7, 11) is 1.52. The fourth-order valence-electron chi connectivity index (χ4n) is 4.60. The van der Waals surface area contributed by atoms with Gasteiger partial charge in [-0.25, -0.2) is 4.79 Å². The van der Waals surface area contributed by atoms with Gasteiger partial charge in [0.15, 0.2) is 0 Å². The van der Waals surface area contributed by atoms with E-state index in [-0.39, 0.29) is 11.5 Å². The molecule has 1 heterocycles. The maximum atomic E-state index is 13.0. The van der Waals surface area contributed by atoms with E-state index >= 15 is 0 Å². The number of rotatable bonds is 7. The molecule has 4 rings (SSSR count). The molecule has 30 heavy (non-hydrogen) atoms. The van der Waals surface area contributed by atoms with Gasteiger partial charge in [0, 0.05) is 24.6 Å². The maximum absolute atomic E-state index is 13.0. The summed E-state index contributed by atoms with van der Waals surface area (Å²) < 4.78 is 5.47. The van der Waals surface area contributed by atoms with Crippen LogP contribution in [0.25, 0.3) is 0 Å². The van der Waals surface area contributed by atoms with Gasteiger partial charge in [-0.3, -0.25) is 9.79 Å². The number of carboxylic acids is 1. The van der Waals surface area contributed by atoms with Crippen LogP contribution >= 0.6 is 0 Å². The highest BCUT2D eigenvalue weighted by Gasteiger charge is 2.39. The van der Waals surface area contributed by atoms with Crippen LogP contribution in [0.15, 0.2) is 47.5 Å². The van der Waals surface area contributed by atoms with E-state index in [4.69, 9.17) is 4.74 Å². The fourth-order valence-corrected chi connectivity index (χ4v) is 4.60. The van der Waals surface area contributed by atoms with Crippen molar-refractivity contribution in [3.8, 4) is 5.75 Å². The number of ether oxygens (including phenoxy) is 1. The van der Waals surface area contributed by atoms with Crippen LogP contribution in [-0.4, -0.2) is 30.3 Å². The van der Waals surface area contributed by atoms with Crippen LogP contribution in [0.3, 0.4) is 0 Å². The number of nitrogens with one attached hydrogen (secondary N) is 1. The number of carbonyl (C=O) groups excluding carboxylic acids is 1. The summed E-state index contributed by atoms with van der Waals surface area (Å²) in [6, 6.07) is 12.6. The molecule has 6 nitrogen and oxygen atoms in total. The summed E-state index contributed by atoms with van der Waals surface area (Å²) >= 11 is 0. The molecular weight excluding hydrogens is 380 g/mol. The molecule has 0 spiro atoms. The lowest BCUT2D eigenvalue weighted by molar-refractivity contribution is -0.123. The molecule has 6 heteroatoms. The third kappa shape index (κ3) is 3.95. The Morgan fingerprint density at radius 2 is 1.97 bits per heavy atom. The zero-order valence-electron chi connectivity index (χ0n) is 17.1. The molecule has 2 aliphatic rings. The number of hydrogen-bond donors (Lipinski definition) is 2. The SMILES string of the molecule is COc1cc(C(=O)O)ccc1CC1(NC(=O)CC2CCCC2)C=Nc2ccccc21. The summed E-state index contributed by atoms with van der Waals surface area (Å²) in [5.41, 5.74) is 1.96. The van der Waals surface area contributed by atoms with Gasteiger partial charge in [0.05, 0.1) is 18.4 Å². The number of aromatic carboxylic acids is 1. The van der Waals surface area contributed by atoms with Crippen molar-refractivity contribution >= 4 is 23.8 Å². The lowest BCUT2D eigenvalue weighted by atomic mass is 9.84. The van der Waals surface area contributed by atoms with Crippen LogP contribution in [-0.2, 0) is 16.8 Å². The summed E-state index contributed by atoms with van der Waals surface area (Å²) in [6.07, 6.45) is 7.35. The van der Waals surface area contributed by atoms with Crippen LogP contribution in [0.4, 0.5) is 5.69 Å². The molecule has 1 fully saturated rings. The van der Waals surface area contributed by atoms with Gasteiger partial charge in [-0.2, -0.15) is 0 Å². The molecular formula is C24H26N2O4. The highest BCUT2D eigenvalue weighted by atomic mass is 16.5. The molecule has 2 N–H and O–H groups in total. The largest absolute Gasteiger partial charge is 0.496 e. The molecule has 0 radical (unpaired) electrons. The lowest BCUT2D eigenvalue weighted by Crippen LogP contribution is -2.48. The molecule has 1 atom stereocenters. The van der Waals surface area contributed by atoms with E-state index in [0.717, 1.165) is 29.7 Å². The average Bonchev–Trinajstić information content (AvgIpc) is 3.37. The molecule has 1 amide bonds. The molecule has 1 aliphatic heterocycles. The van der Waals surface area contributed by atoms with Crippen molar-refractivity contribution in [2.75, 3.05) is 7.11 Å². The van der Waals surface area contributed by atoms with Crippen molar-refractivity contribution in [3.05, 3.63) is 59.2 Å². The first-order chi connectivity index (χ1) is 14.5. The van der Waals surface area contributed by atoms with Crippen molar-refractivity contribution in [2.45, 2.75) is 44.1 Å². The van der Waals surface area contributed by atoms with Gasteiger partial charge in [0.1, 0.15) is 11.3 Å². The molecule has 0 saturated heterocycles. The molecule has 0 aromatic heterocycles. The predicted molar refractivity (Wildman–Crippen MR) is 115 cm³/mol. The van der Waals surface area contributed by atoms with Crippen molar-refractivity contribution in [3.63, 3.8) is 0 Å². The first-order valence-electron chi connectivity index (χ1n) is 10.4. The average molecular weight is 406 g/mol. The van der Waals surface area contributed by atoms with Crippen molar-refractivity contribution in [1.82, 2.24) is 5.32 Å². The Hall–Kier alpha value is -3.15. The number of carbonyl (C=O) groups is 2. The second kappa shape index (κ2) is 8.30. The van der Waals surface area contributed by atoms with Gasteiger partial charge in [-0.05, 0) is 42.5 Å². The van der Waals surface area contributed by atoms with Gasteiger partial charge in [-0.15, -0.1) is 0 Å². The molecule has 1 unspecified atom stereocenters. The van der Waals surface area contributed by atoms with E-state index in [0.29, 0.717) is 24.5 Å². The Kier molecular flexibility index (Phi) is 5.57. The van der Waals surface area contributed by atoms with E-state index < -0.39 is 11.5 Å². The van der Waals surface area contributed by atoms with Gasteiger partial charge >= 0.3 is 5.97 Å². The monoisotopic (exact) mass is 406 g/mol. The van der Waals surface area contributed by atoms with Crippen LogP contribution in [0.5, 0.6) is 5.75 Å². The van der Waals surface area contributed by atoms with E-state index in [1.165, 1.54) is 26.0 Å². The minimum atomic E-state index is -1.01. The molecule has 1 saturated carbocycles. The second-order valence-corrected chi connectivity index (χ2v) is 8.16. The zero-order chi connectivity index (χ0) is 21.1. The minimum Gasteiger partial charge on any atom is -0.496 e. The molecule has 0 bridgehead atoms. The maximum Gasteiger partial charge on any atom is 0.335 e. The Balaban J connectivity index is 1.66. The van der Waals surface area contributed by atoms with Gasteiger partial charge < -0.3 is 15.2 Å². The standard InChI is InChI=1S/C24H26N2O4/c1-30-21-13-17(23(28)29)10-11-18(21)14-24(15-25-20-9-5-4-8-19(20)24)26-22(27)12-16-6-2-3-7-16/h4-5,8-11,13,15-16H,2-3,6-7,12,14H2,1H3,(H,26,27)(H,28,29). The number of hydrogen-bond acceptors (Lipinski definition) is 4. The van der Waals surface area contributed by atoms with Crippen molar-refractivity contribution < 1.29 is 19.4 Å². The highest BCUT2D eigenvalue weighted by molar-refractivity contribution is 5.91. The number of fused-ring (bicyclic) bond motifs is 1. The van der Waals surface area contributed by atoms with Crippen LogP contribution in [0, 0.1) is 5.92 Å². The Labute approximate surface area is 176 Å². The zero-order valence-corrected chi connectivity index (χ0v) is 17.1. The topological polar surface area (TPSA) is 88.0 Å². The number of aliphatic imine (C=N–C) groups is 1. The summed E-state index contributed by atoms with van der Waals surface area (Å²) in [5, 5.41) is 12.5. The highest BCUT2D eigenvalue weighted by Crippen LogP contribution is 2.39. The number of methoxy groups -OCH3 is 1. The summed E-state index contributed by atoms with van der Waals surface area (Å²) in [5.74, 6) is -0.0597. The van der Waals surface area contributed by atoms with Gasteiger partial charge in [0.2, 0.25) is 5.91 Å². The van der Waals surface area contributed by atoms with E-state index in [2.05, 4.69) is 10.3 Å². The number of amides is 1. The number of carboxylic acid groups (broad SMARTS) is 1. The molecule has 2 aromatic carbocycles. The van der Waals surface area contributed by atoms with Crippen molar-refractivity contribution in [1.29, 1.82) is 0 Å². The molecule has 1 aliphatic carbocycles. The minimum absolute atomic E-state index is 0.0196. The van der Waals surface area contributed by atoms with E-state index in [1.807, 2.05) is 24.3 Å². The quantitative estimate of drug-likeness (QED) is 0.720. The van der Waals surface area contributed by atoms with Gasteiger partial charge in [-0.1, -0.05) is 37.1 Å². The van der Waals surface area contributed by atoms with Crippen LogP contribution in [0.1, 0.15) is 53.6 Å². The van der Waals surface area contributed by atoms with E-state index in [1.54, 1.807) is 18.3 Å². The first kappa shape index (κ1) is 20.1. The second-order valence-electron chi connectivity index (χ2n) is 8.16. The third-order valence-electron chi connectivity index (χ3n) is 6.12. The molecule has 156 valence electrons. The number of benzene rings is 2. The van der Waals surface area contributed by atoms with Gasteiger partial charge in [0.25, 0.3) is 0 Å².